The number of hydrogen-bond acceptors (Lipinski definition) is 4. The molecule has 0 spiro atoms. The molecule has 0 aliphatic carbocycles. The predicted octanol–water partition coefficient (Wildman–Crippen LogP) is 1.03. The van der Waals surface area contributed by atoms with Gasteiger partial charge in [-0.25, -0.2) is 9.97 Å². The molecule has 0 saturated carbocycles. The molecule has 0 bridgehead atoms. The van der Waals surface area contributed by atoms with Crippen molar-refractivity contribution in [1.82, 2.24) is 9.97 Å². The maximum absolute atomic E-state index is 5.43. The molecular weight excluding hydrogens is 176 g/mol. The lowest BCUT2D eigenvalue weighted by atomic mass is 10.2. The molecule has 0 fully saturated rings. The second-order valence-electron chi connectivity index (χ2n) is 3.25. The molecule has 0 atom stereocenters. The molecule has 0 amide bonds. The molecule has 78 valence electrons. The van der Waals surface area contributed by atoms with Crippen LogP contribution in [0, 0.1) is 13.8 Å². The van der Waals surface area contributed by atoms with Crippen molar-refractivity contribution >= 4 is 5.69 Å². The van der Waals surface area contributed by atoms with E-state index in [1.807, 2.05) is 13.8 Å². The van der Waals surface area contributed by atoms with Crippen LogP contribution in [0.2, 0.25) is 0 Å². The van der Waals surface area contributed by atoms with Crippen LogP contribution in [0.15, 0.2) is 0 Å². The summed E-state index contributed by atoms with van der Waals surface area (Å²) in [6, 6.07) is 0. The highest BCUT2D eigenvalue weighted by molar-refractivity contribution is 5.51. The van der Waals surface area contributed by atoms with E-state index < -0.39 is 0 Å². The Labute approximate surface area is 85.0 Å². The third-order valence-corrected chi connectivity index (χ3v) is 2.08. The van der Waals surface area contributed by atoms with Crippen molar-refractivity contribution in [2.45, 2.75) is 27.2 Å². The standard InChI is InChI=1S/C10H18N4/c1-4-9-13-7(2)10(8(3)14-9)12-6-5-11/h12H,4-6,11H2,1-3H3. The van der Waals surface area contributed by atoms with Crippen molar-refractivity contribution in [1.29, 1.82) is 0 Å². The van der Waals surface area contributed by atoms with Gasteiger partial charge in [0.2, 0.25) is 0 Å². The van der Waals surface area contributed by atoms with Crippen molar-refractivity contribution in [3.8, 4) is 0 Å². The van der Waals surface area contributed by atoms with Crippen LogP contribution in [0.5, 0.6) is 0 Å². The number of hydrogen-bond donors (Lipinski definition) is 2. The lowest BCUT2D eigenvalue weighted by Crippen LogP contribution is -2.16. The summed E-state index contributed by atoms with van der Waals surface area (Å²) < 4.78 is 0. The predicted molar refractivity (Wildman–Crippen MR) is 58.4 cm³/mol. The maximum atomic E-state index is 5.43. The van der Waals surface area contributed by atoms with Crippen LogP contribution in [-0.2, 0) is 6.42 Å². The lowest BCUT2D eigenvalue weighted by molar-refractivity contribution is 0.891. The van der Waals surface area contributed by atoms with Gasteiger partial charge in [0.15, 0.2) is 0 Å². The Bertz CT molecular complexity index is 286. The Morgan fingerprint density at radius 3 is 2.21 bits per heavy atom. The first kappa shape index (κ1) is 10.9. The minimum absolute atomic E-state index is 0.619. The third-order valence-electron chi connectivity index (χ3n) is 2.08. The van der Waals surface area contributed by atoms with Crippen molar-refractivity contribution in [2.24, 2.45) is 5.73 Å². The maximum Gasteiger partial charge on any atom is 0.128 e. The third kappa shape index (κ3) is 2.42. The van der Waals surface area contributed by atoms with Crippen molar-refractivity contribution in [2.75, 3.05) is 18.4 Å². The highest BCUT2D eigenvalue weighted by Gasteiger charge is 2.06. The second-order valence-corrected chi connectivity index (χ2v) is 3.25. The zero-order valence-electron chi connectivity index (χ0n) is 9.09. The Morgan fingerprint density at radius 2 is 1.79 bits per heavy atom. The van der Waals surface area contributed by atoms with E-state index in [0.717, 1.165) is 35.9 Å². The summed E-state index contributed by atoms with van der Waals surface area (Å²) in [5.41, 5.74) is 8.46. The van der Waals surface area contributed by atoms with E-state index in [0.29, 0.717) is 6.54 Å². The minimum atomic E-state index is 0.619. The molecular formula is C10H18N4. The smallest absolute Gasteiger partial charge is 0.128 e. The van der Waals surface area contributed by atoms with Crippen LogP contribution in [0.3, 0.4) is 0 Å². The summed E-state index contributed by atoms with van der Waals surface area (Å²) >= 11 is 0. The van der Waals surface area contributed by atoms with Crippen LogP contribution >= 0.6 is 0 Å². The van der Waals surface area contributed by atoms with Crippen LogP contribution in [0.1, 0.15) is 24.1 Å². The highest BCUT2D eigenvalue weighted by atomic mass is 15.0. The van der Waals surface area contributed by atoms with E-state index in [1.165, 1.54) is 0 Å². The number of nitrogens with zero attached hydrogens (tertiary/aromatic N) is 2. The fourth-order valence-electron chi connectivity index (χ4n) is 1.40. The summed E-state index contributed by atoms with van der Waals surface area (Å²) in [6.07, 6.45) is 0.874. The van der Waals surface area contributed by atoms with E-state index in [-0.39, 0.29) is 0 Å². The fraction of sp³-hybridized carbons (Fsp3) is 0.600. The summed E-state index contributed by atoms with van der Waals surface area (Å²) in [5.74, 6) is 0.901. The average Bonchev–Trinajstić information content (AvgIpc) is 2.16. The monoisotopic (exact) mass is 194 g/mol. The van der Waals surface area contributed by atoms with Crippen molar-refractivity contribution in [3.63, 3.8) is 0 Å². The van der Waals surface area contributed by atoms with Crippen LogP contribution < -0.4 is 11.1 Å². The van der Waals surface area contributed by atoms with Gasteiger partial charge in [0.25, 0.3) is 0 Å². The summed E-state index contributed by atoms with van der Waals surface area (Å²) in [6.45, 7) is 7.42. The van der Waals surface area contributed by atoms with Crippen LogP contribution in [0.4, 0.5) is 5.69 Å². The van der Waals surface area contributed by atoms with Gasteiger partial charge in [-0.3, -0.25) is 0 Å². The summed E-state index contributed by atoms with van der Waals surface area (Å²) in [4.78, 5) is 8.78. The molecule has 1 rings (SSSR count). The molecule has 0 unspecified atom stereocenters. The molecule has 4 nitrogen and oxygen atoms in total. The van der Waals surface area contributed by atoms with Gasteiger partial charge >= 0.3 is 0 Å². The molecule has 0 aromatic carbocycles. The van der Waals surface area contributed by atoms with Gasteiger partial charge in [0, 0.05) is 19.5 Å². The molecule has 0 aliphatic rings. The number of aryl methyl sites for hydroxylation is 3. The molecule has 0 saturated heterocycles. The zero-order chi connectivity index (χ0) is 10.6. The van der Waals surface area contributed by atoms with Gasteiger partial charge in [-0.1, -0.05) is 6.92 Å². The van der Waals surface area contributed by atoms with E-state index in [4.69, 9.17) is 5.73 Å². The van der Waals surface area contributed by atoms with Crippen LogP contribution in [-0.4, -0.2) is 23.1 Å². The normalized spacial score (nSPS) is 10.3. The Hall–Kier alpha value is -1.16. The van der Waals surface area contributed by atoms with Gasteiger partial charge < -0.3 is 11.1 Å². The topological polar surface area (TPSA) is 63.8 Å². The minimum Gasteiger partial charge on any atom is -0.381 e. The number of nitrogens with two attached hydrogens (primary N) is 1. The molecule has 0 radical (unpaired) electrons. The Morgan fingerprint density at radius 1 is 1.21 bits per heavy atom. The summed E-state index contributed by atoms with van der Waals surface area (Å²) in [5, 5.41) is 3.23. The Balaban J connectivity index is 2.93. The number of anilines is 1. The van der Waals surface area contributed by atoms with Gasteiger partial charge in [-0.2, -0.15) is 0 Å². The van der Waals surface area contributed by atoms with Gasteiger partial charge in [-0.05, 0) is 13.8 Å². The quantitative estimate of drug-likeness (QED) is 0.751. The average molecular weight is 194 g/mol. The van der Waals surface area contributed by atoms with Crippen LogP contribution in [0.25, 0.3) is 0 Å². The SMILES string of the molecule is CCc1nc(C)c(NCCN)c(C)n1. The lowest BCUT2D eigenvalue weighted by Gasteiger charge is -2.11. The molecule has 4 heteroatoms. The second kappa shape index (κ2) is 4.91. The number of nitrogens with one attached hydrogen (secondary N) is 1. The first-order valence-corrected chi connectivity index (χ1v) is 4.97. The first-order valence-electron chi connectivity index (χ1n) is 4.97. The van der Waals surface area contributed by atoms with E-state index >= 15 is 0 Å². The van der Waals surface area contributed by atoms with Crippen molar-refractivity contribution < 1.29 is 0 Å². The van der Waals surface area contributed by atoms with Gasteiger partial charge in [-0.15, -0.1) is 0 Å². The zero-order valence-corrected chi connectivity index (χ0v) is 9.09. The fourth-order valence-corrected chi connectivity index (χ4v) is 1.40. The number of aromatic nitrogens is 2. The first-order chi connectivity index (χ1) is 6.69. The Kier molecular flexibility index (Phi) is 3.83. The molecule has 1 heterocycles. The molecule has 1 aromatic heterocycles. The van der Waals surface area contributed by atoms with Crippen molar-refractivity contribution in [3.05, 3.63) is 17.2 Å². The summed E-state index contributed by atoms with van der Waals surface area (Å²) in [7, 11) is 0. The van der Waals surface area contributed by atoms with E-state index in [1.54, 1.807) is 0 Å². The van der Waals surface area contributed by atoms with E-state index in [9.17, 15) is 0 Å². The number of rotatable bonds is 4. The largest absolute Gasteiger partial charge is 0.381 e. The van der Waals surface area contributed by atoms with E-state index in [2.05, 4.69) is 22.2 Å². The molecule has 14 heavy (non-hydrogen) atoms. The van der Waals surface area contributed by atoms with Gasteiger partial charge in [0.1, 0.15) is 5.82 Å². The molecule has 1 aromatic rings. The highest BCUT2D eigenvalue weighted by Crippen LogP contribution is 2.16. The molecule has 3 N–H and O–H groups in total. The van der Waals surface area contributed by atoms with Gasteiger partial charge in [0.05, 0.1) is 17.1 Å². The molecule has 0 aliphatic heterocycles.